The lowest BCUT2D eigenvalue weighted by Gasteiger charge is -2.08. The van der Waals surface area contributed by atoms with Crippen LogP contribution in [0.5, 0.6) is 0 Å². The van der Waals surface area contributed by atoms with Crippen LogP contribution in [0.25, 0.3) is 11.0 Å². The van der Waals surface area contributed by atoms with E-state index in [4.69, 9.17) is 23.2 Å². The lowest BCUT2D eigenvalue weighted by Crippen LogP contribution is -2.09. The minimum atomic E-state index is -0.432. The third-order valence-corrected chi connectivity index (χ3v) is 3.63. The first kappa shape index (κ1) is 12.3. The molecule has 0 amide bonds. The topological polar surface area (TPSA) is 83.6 Å². The quantitative estimate of drug-likeness (QED) is 0.760. The molecule has 19 heavy (non-hydrogen) atoms. The molecule has 6 nitrogen and oxygen atoms in total. The minimum Gasteiger partial charge on any atom is -0.336 e. The molecule has 0 unspecified atom stereocenters. The normalized spacial score (nSPS) is 10.8. The van der Waals surface area contributed by atoms with Gasteiger partial charge in [0.2, 0.25) is 0 Å². The van der Waals surface area contributed by atoms with Gasteiger partial charge in [0.25, 0.3) is 5.56 Å². The van der Waals surface area contributed by atoms with Gasteiger partial charge in [-0.2, -0.15) is 8.75 Å². The van der Waals surface area contributed by atoms with Crippen LogP contribution < -0.4 is 10.9 Å². The number of hydrogen-bond acceptors (Lipinski definition) is 6. The number of nitrogens with zero attached hydrogens (tertiary/aromatic N) is 3. The Balaban J connectivity index is 2.15. The second-order valence-electron chi connectivity index (χ2n) is 3.57. The predicted molar refractivity (Wildman–Crippen MR) is 75.6 cm³/mol. The van der Waals surface area contributed by atoms with Crippen LogP contribution >= 0.6 is 34.9 Å². The zero-order chi connectivity index (χ0) is 13.4. The molecule has 1 aromatic carbocycles. The maximum Gasteiger partial charge on any atom is 0.271 e. The van der Waals surface area contributed by atoms with Crippen LogP contribution in [0.3, 0.4) is 0 Å². The predicted octanol–water partition coefficient (Wildman–Crippen LogP) is 2.83. The molecule has 0 radical (unpaired) electrons. The zero-order valence-corrected chi connectivity index (χ0v) is 11.5. The summed E-state index contributed by atoms with van der Waals surface area (Å²) in [6.45, 7) is 0. The summed E-state index contributed by atoms with van der Waals surface area (Å²) in [7, 11) is 0. The van der Waals surface area contributed by atoms with E-state index in [1.165, 1.54) is 6.33 Å². The summed E-state index contributed by atoms with van der Waals surface area (Å²) in [6, 6.07) is 3.45. The Morgan fingerprint density at radius 2 is 2.11 bits per heavy atom. The summed E-state index contributed by atoms with van der Waals surface area (Å²) >= 11 is 13.1. The molecule has 0 atom stereocenters. The van der Waals surface area contributed by atoms with Crippen LogP contribution in [-0.4, -0.2) is 18.7 Å². The van der Waals surface area contributed by atoms with Crippen molar-refractivity contribution in [1.29, 1.82) is 0 Å². The number of benzene rings is 1. The summed E-state index contributed by atoms with van der Waals surface area (Å²) in [5, 5.41) is 3.32. The molecule has 2 heterocycles. The molecule has 3 rings (SSSR count). The number of nitrogens with one attached hydrogen (secondary N) is 2. The first-order chi connectivity index (χ1) is 9.16. The van der Waals surface area contributed by atoms with Gasteiger partial charge in [0.1, 0.15) is 16.1 Å². The summed E-state index contributed by atoms with van der Waals surface area (Å²) in [5.74, 6) is 0.216. The second-order valence-corrected chi connectivity index (χ2v) is 4.89. The van der Waals surface area contributed by atoms with Crippen molar-refractivity contribution in [3.05, 3.63) is 38.9 Å². The van der Waals surface area contributed by atoms with E-state index in [2.05, 4.69) is 24.0 Å². The standard InChI is InChI=1S/C10H5Cl2N5OS/c11-4-1-2-5-8(17-19-16-5)7(4)15-9-6(12)10(18)14-3-13-9/h1-3H,(H2,13,14,15,18). The molecular weight excluding hydrogens is 309 g/mol. The molecule has 2 aromatic heterocycles. The Bertz CT molecular complexity index is 815. The Kier molecular flexibility index (Phi) is 3.09. The van der Waals surface area contributed by atoms with Gasteiger partial charge >= 0.3 is 0 Å². The average molecular weight is 314 g/mol. The summed E-state index contributed by atoms with van der Waals surface area (Å²) < 4.78 is 8.27. The van der Waals surface area contributed by atoms with Gasteiger partial charge in [-0.1, -0.05) is 23.2 Å². The van der Waals surface area contributed by atoms with Crippen molar-refractivity contribution in [2.24, 2.45) is 0 Å². The van der Waals surface area contributed by atoms with Crippen LogP contribution in [0.15, 0.2) is 23.3 Å². The number of fused-ring (bicyclic) bond motifs is 1. The maximum atomic E-state index is 11.4. The van der Waals surface area contributed by atoms with Crippen LogP contribution in [0.4, 0.5) is 11.5 Å². The van der Waals surface area contributed by atoms with Crippen molar-refractivity contribution in [1.82, 2.24) is 18.7 Å². The average Bonchev–Trinajstić information content (AvgIpc) is 2.86. The van der Waals surface area contributed by atoms with E-state index < -0.39 is 5.56 Å². The lowest BCUT2D eigenvalue weighted by atomic mass is 10.2. The molecule has 3 aromatic rings. The van der Waals surface area contributed by atoms with Gasteiger partial charge in [-0.25, -0.2) is 4.98 Å². The molecule has 9 heteroatoms. The molecular formula is C10H5Cl2N5OS. The molecule has 2 N–H and O–H groups in total. The van der Waals surface area contributed by atoms with E-state index in [1.807, 2.05) is 0 Å². The Morgan fingerprint density at radius 1 is 1.26 bits per heavy atom. The highest BCUT2D eigenvalue weighted by atomic mass is 35.5. The third kappa shape index (κ3) is 2.16. The fourth-order valence-electron chi connectivity index (χ4n) is 1.53. The number of H-pyrrole nitrogens is 1. The number of anilines is 2. The number of aromatic amines is 1. The molecule has 0 aliphatic carbocycles. The third-order valence-electron chi connectivity index (χ3n) is 2.42. The van der Waals surface area contributed by atoms with Crippen molar-refractivity contribution in [2.45, 2.75) is 0 Å². The second kappa shape index (κ2) is 4.76. The lowest BCUT2D eigenvalue weighted by molar-refractivity contribution is 1.12. The highest BCUT2D eigenvalue weighted by molar-refractivity contribution is 7.00. The molecule has 0 aliphatic rings. The van der Waals surface area contributed by atoms with E-state index in [0.29, 0.717) is 21.7 Å². The molecule has 0 bridgehead atoms. The van der Waals surface area contributed by atoms with Gasteiger partial charge in [0.15, 0.2) is 5.82 Å². The molecule has 96 valence electrons. The summed E-state index contributed by atoms with van der Waals surface area (Å²) in [6.07, 6.45) is 1.25. The van der Waals surface area contributed by atoms with Crippen molar-refractivity contribution in [3.8, 4) is 0 Å². The molecule has 0 fully saturated rings. The number of halogens is 2. The highest BCUT2D eigenvalue weighted by Crippen LogP contribution is 2.32. The first-order valence-corrected chi connectivity index (χ1v) is 6.56. The SMILES string of the molecule is O=c1[nH]cnc(Nc2c(Cl)ccc3nsnc23)c1Cl. The maximum absolute atomic E-state index is 11.4. The molecule has 0 spiro atoms. The number of rotatable bonds is 2. The molecule has 0 saturated carbocycles. The fourth-order valence-corrected chi connectivity index (χ4v) is 2.43. The Morgan fingerprint density at radius 3 is 2.95 bits per heavy atom. The first-order valence-electron chi connectivity index (χ1n) is 5.08. The smallest absolute Gasteiger partial charge is 0.271 e. The van der Waals surface area contributed by atoms with Gasteiger partial charge in [0.05, 0.1) is 28.8 Å². The monoisotopic (exact) mass is 313 g/mol. The van der Waals surface area contributed by atoms with Gasteiger partial charge < -0.3 is 10.3 Å². The van der Waals surface area contributed by atoms with Crippen molar-refractivity contribution >= 4 is 57.5 Å². The largest absolute Gasteiger partial charge is 0.336 e. The molecule has 0 aliphatic heterocycles. The zero-order valence-electron chi connectivity index (χ0n) is 9.15. The van der Waals surface area contributed by atoms with Crippen LogP contribution in [0, 0.1) is 0 Å². The Hall–Kier alpha value is -1.70. The van der Waals surface area contributed by atoms with E-state index in [1.54, 1.807) is 12.1 Å². The number of aromatic nitrogens is 4. The van der Waals surface area contributed by atoms with Crippen LogP contribution in [0.2, 0.25) is 10.0 Å². The fraction of sp³-hybridized carbons (Fsp3) is 0. The van der Waals surface area contributed by atoms with Gasteiger partial charge in [-0.05, 0) is 12.1 Å². The summed E-state index contributed by atoms with van der Waals surface area (Å²) in [4.78, 5) is 17.7. The van der Waals surface area contributed by atoms with Crippen LogP contribution in [0.1, 0.15) is 0 Å². The van der Waals surface area contributed by atoms with Crippen molar-refractivity contribution in [3.63, 3.8) is 0 Å². The van der Waals surface area contributed by atoms with E-state index in [9.17, 15) is 4.79 Å². The Labute approximate surface area is 120 Å². The van der Waals surface area contributed by atoms with Gasteiger partial charge in [-0.15, -0.1) is 0 Å². The van der Waals surface area contributed by atoms with Crippen LogP contribution in [-0.2, 0) is 0 Å². The van der Waals surface area contributed by atoms with Crippen molar-refractivity contribution in [2.75, 3.05) is 5.32 Å². The highest BCUT2D eigenvalue weighted by Gasteiger charge is 2.13. The van der Waals surface area contributed by atoms with Gasteiger partial charge in [-0.3, -0.25) is 4.79 Å². The minimum absolute atomic E-state index is 0.0428. The van der Waals surface area contributed by atoms with E-state index in [-0.39, 0.29) is 10.8 Å². The molecule has 0 saturated heterocycles. The van der Waals surface area contributed by atoms with Gasteiger partial charge in [0, 0.05) is 0 Å². The van der Waals surface area contributed by atoms with E-state index in [0.717, 1.165) is 11.7 Å². The number of hydrogen-bond donors (Lipinski definition) is 2. The van der Waals surface area contributed by atoms with E-state index >= 15 is 0 Å². The summed E-state index contributed by atoms with van der Waals surface area (Å²) in [5.41, 5.74) is 1.40. The van der Waals surface area contributed by atoms with Crippen molar-refractivity contribution < 1.29 is 0 Å².